The Labute approximate surface area is 137 Å². The van der Waals surface area contributed by atoms with E-state index in [4.69, 9.17) is 0 Å². The van der Waals surface area contributed by atoms with Crippen molar-refractivity contribution in [1.82, 2.24) is 0 Å². The van der Waals surface area contributed by atoms with E-state index in [0.717, 1.165) is 12.0 Å². The number of hydrogen-bond acceptors (Lipinski definition) is 2. The number of ether oxygens (including phenoxy) is 1. The van der Waals surface area contributed by atoms with Gasteiger partial charge < -0.3 is 9.84 Å². The molecule has 1 aromatic rings. The maximum absolute atomic E-state index is 9.77. The fraction of sp³-hybridized carbons (Fsp3) is 0.700. The van der Waals surface area contributed by atoms with E-state index in [0.29, 0.717) is 11.3 Å². The van der Waals surface area contributed by atoms with Crippen molar-refractivity contribution in [1.29, 1.82) is 0 Å². The van der Waals surface area contributed by atoms with Gasteiger partial charge in [0.2, 0.25) is 0 Å². The Bertz CT molecular complexity index is 422. The topological polar surface area (TPSA) is 29.5 Å². The molecule has 0 aliphatic heterocycles. The molecule has 0 heterocycles. The van der Waals surface area contributed by atoms with Gasteiger partial charge in [-0.15, -0.1) is 0 Å². The van der Waals surface area contributed by atoms with Gasteiger partial charge in [0.05, 0.1) is 6.10 Å². The average molecular weight is 309 g/mol. The fourth-order valence-corrected chi connectivity index (χ4v) is 2.57. The van der Waals surface area contributed by atoms with Gasteiger partial charge in [-0.05, 0) is 41.2 Å². The summed E-state index contributed by atoms with van der Waals surface area (Å²) in [5.41, 5.74) is 2.89. The van der Waals surface area contributed by atoms with Crippen molar-refractivity contribution in [2.45, 2.75) is 66.9 Å². The van der Waals surface area contributed by atoms with Gasteiger partial charge in [-0.1, -0.05) is 65.8 Å². The Kier molecular flexibility index (Phi) is 8.35. The second-order valence-corrected chi connectivity index (χ2v) is 8.44. The molecular weight excluding hydrogens is 272 g/mol. The van der Waals surface area contributed by atoms with Crippen molar-refractivity contribution >= 4 is 0 Å². The molecule has 128 valence electrons. The van der Waals surface area contributed by atoms with E-state index in [-0.39, 0.29) is 5.41 Å². The highest BCUT2D eigenvalue weighted by Crippen LogP contribution is 2.43. The normalized spacial score (nSPS) is 14.8. The van der Waals surface area contributed by atoms with Gasteiger partial charge in [0.15, 0.2) is 0 Å². The maximum Gasteiger partial charge on any atom is 0.0762 e. The second kappa shape index (κ2) is 8.69. The van der Waals surface area contributed by atoms with Gasteiger partial charge in [0, 0.05) is 14.2 Å². The third-order valence-corrected chi connectivity index (χ3v) is 3.66. The fourth-order valence-electron chi connectivity index (χ4n) is 2.57. The van der Waals surface area contributed by atoms with Crippen LogP contribution in [-0.2, 0) is 4.74 Å². The quantitative estimate of drug-likeness (QED) is 0.791. The molecule has 2 atom stereocenters. The molecule has 0 saturated carbocycles. The summed E-state index contributed by atoms with van der Waals surface area (Å²) in [6, 6.07) is 8.45. The van der Waals surface area contributed by atoms with Crippen LogP contribution in [0.1, 0.15) is 78.0 Å². The van der Waals surface area contributed by atoms with Gasteiger partial charge >= 0.3 is 0 Å². The first kappa shape index (κ1) is 21.1. The minimum absolute atomic E-state index is 0.227. The molecule has 0 radical (unpaired) electrons. The van der Waals surface area contributed by atoms with Crippen molar-refractivity contribution in [2.75, 3.05) is 14.2 Å². The van der Waals surface area contributed by atoms with Crippen LogP contribution in [0.5, 0.6) is 0 Å². The molecule has 2 nitrogen and oxygen atoms in total. The summed E-state index contributed by atoms with van der Waals surface area (Å²) in [5.74, 6) is 0.506. The lowest BCUT2D eigenvalue weighted by Crippen LogP contribution is -2.24. The molecule has 2 heteroatoms. The zero-order valence-corrected chi connectivity index (χ0v) is 16.0. The summed E-state index contributed by atoms with van der Waals surface area (Å²) in [7, 11) is 3.25. The first-order valence-corrected chi connectivity index (χ1v) is 8.10. The molecule has 0 aliphatic carbocycles. The highest BCUT2D eigenvalue weighted by molar-refractivity contribution is 5.29. The summed E-state index contributed by atoms with van der Waals surface area (Å²) >= 11 is 0. The first-order valence-electron chi connectivity index (χ1n) is 8.10. The highest BCUT2D eigenvalue weighted by atomic mass is 16.4. The lowest BCUT2D eigenvalue weighted by Gasteiger charge is -2.36. The standard InChI is InChI=1S/C18H30O.C2H6O/c1-13(19)14-9-8-10-15(11-14)16(18(5,6)7)12-17(2,3)4;1-3-2/h8-11,13,16,19H,12H2,1-7H3;1-2H3. The van der Waals surface area contributed by atoms with Crippen molar-refractivity contribution < 1.29 is 9.84 Å². The van der Waals surface area contributed by atoms with E-state index in [1.54, 1.807) is 14.2 Å². The minimum Gasteiger partial charge on any atom is -0.389 e. The molecule has 0 spiro atoms. The van der Waals surface area contributed by atoms with E-state index in [1.807, 2.05) is 13.0 Å². The molecule has 1 N–H and O–H groups in total. The summed E-state index contributed by atoms with van der Waals surface area (Å²) in [4.78, 5) is 0. The first-order chi connectivity index (χ1) is 9.92. The number of rotatable bonds is 3. The molecule has 1 aromatic carbocycles. The molecule has 0 aliphatic rings. The number of hydrogen-bond donors (Lipinski definition) is 1. The zero-order valence-electron chi connectivity index (χ0n) is 16.0. The largest absolute Gasteiger partial charge is 0.389 e. The van der Waals surface area contributed by atoms with Crippen molar-refractivity contribution in [3.05, 3.63) is 35.4 Å². The van der Waals surface area contributed by atoms with Gasteiger partial charge in [-0.3, -0.25) is 0 Å². The Balaban J connectivity index is 0.00000135. The van der Waals surface area contributed by atoms with Crippen LogP contribution in [0.25, 0.3) is 0 Å². The number of methoxy groups -OCH3 is 1. The van der Waals surface area contributed by atoms with Crippen molar-refractivity contribution in [3.63, 3.8) is 0 Å². The SMILES string of the molecule is CC(O)c1cccc(C(CC(C)(C)C)C(C)(C)C)c1.COC. The number of benzene rings is 1. The monoisotopic (exact) mass is 308 g/mol. The van der Waals surface area contributed by atoms with E-state index in [1.165, 1.54) is 5.56 Å². The lowest BCUT2D eigenvalue weighted by molar-refractivity contribution is 0.198. The minimum atomic E-state index is -0.393. The summed E-state index contributed by atoms with van der Waals surface area (Å²) < 4.78 is 4.25. The summed E-state index contributed by atoms with van der Waals surface area (Å²) in [6.07, 6.45) is 0.759. The van der Waals surface area contributed by atoms with Gasteiger partial charge in [0.25, 0.3) is 0 Å². The third kappa shape index (κ3) is 7.95. The Hall–Kier alpha value is -0.860. The Morgan fingerprint density at radius 1 is 1.00 bits per heavy atom. The third-order valence-electron chi connectivity index (χ3n) is 3.66. The number of aliphatic hydroxyl groups is 1. The van der Waals surface area contributed by atoms with Crippen LogP contribution >= 0.6 is 0 Å². The molecule has 0 fully saturated rings. The average Bonchev–Trinajstić information content (AvgIpc) is 2.35. The summed E-state index contributed by atoms with van der Waals surface area (Å²) in [5, 5.41) is 9.77. The molecule has 0 aromatic heterocycles. The van der Waals surface area contributed by atoms with Crippen LogP contribution in [0.4, 0.5) is 0 Å². The second-order valence-electron chi connectivity index (χ2n) is 8.44. The predicted molar refractivity (Wildman–Crippen MR) is 96.3 cm³/mol. The zero-order chi connectivity index (χ0) is 17.6. The molecule has 1 rings (SSSR count). The van der Waals surface area contributed by atoms with Crippen LogP contribution in [0.2, 0.25) is 0 Å². The van der Waals surface area contributed by atoms with E-state index in [9.17, 15) is 5.11 Å². The molecule has 0 amide bonds. The number of aliphatic hydroxyl groups excluding tert-OH is 1. The van der Waals surface area contributed by atoms with Crippen LogP contribution in [0.15, 0.2) is 24.3 Å². The Morgan fingerprint density at radius 2 is 1.45 bits per heavy atom. The van der Waals surface area contributed by atoms with Crippen LogP contribution in [0.3, 0.4) is 0 Å². The molecule has 0 bridgehead atoms. The Morgan fingerprint density at radius 3 is 1.82 bits per heavy atom. The molecule has 22 heavy (non-hydrogen) atoms. The van der Waals surface area contributed by atoms with E-state index in [2.05, 4.69) is 64.5 Å². The lowest BCUT2D eigenvalue weighted by atomic mass is 9.69. The van der Waals surface area contributed by atoms with Crippen LogP contribution in [0, 0.1) is 10.8 Å². The van der Waals surface area contributed by atoms with Crippen molar-refractivity contribution in [2.24, 2.45) is 10.8 Å². The maximum atomic E-state index is 9.77. The van der Waals surface area contributed by atoms with E-state index >= 15 is 0 Å². The predicted octanol–water partition coefficient (Wildman–Crippen LogP) is 5.57. The van der Waals surface area contributed by atoms with Crippen molar-refractivity contribution in [3.8, 4) is 0 Å². The van der Waals surface area contributed by atoms with Gasteiger partial charge in [0.1, 0.15) is 0 Å². The summed E-state index contributed by atoms with van der Waals surface area (Å²) in [6.45, 7) is 15.6. The highest BCUT2D eigenvalue weighted by Gasteiger charge is 2.30. The molecule has 2 unspecified atom stereocenters. The smallest absolute Gasteiger partial charge is 0.0762 e. The van der Waals surface area contributed by atoms with Gasteiger partial charge in [-0.25, -0.2) is 0 Å². The van der Waals surface area contributed by atoms with Gasteiger partial charge in [-0.2, -0.15) is 0 Å². The molecule has 0 saturated heterocycles. The van der Waals surface area contributed by atoms with Crippen LogP contribution in [-0.4, -0.2) is 19.3 Å². The molecular formula is C20H36O2. The van der Waals surface area contributed by atoms with E-state index < -0.39 is 6.10 Å². The van der Waals surface area contributed by atoms with Crippen LogP contribution < -0.4 is 0 Å².